The van der Waals surface area contributed by atoms with Crippen LogP contribution in [0.1, 0.15) is 19.0 Å². The molecule has 0 aromatic carbocycles. The van der Waals surface area contributed by atoms with Gasteiger partial charge in [0.15, 0.2) is 5.96 Å². The average molecular weight is 355 g/mol. The molecule has 1 saturated heterocycles. The van der Waals surface area contributed by atoms with Gasteiger partial charge in [-0.05, 0) is 18.3 Å². The Balaban J connectivity index is 1.50. The molecule has 2 heterocycles. The topological polar surface area (TPSA) is 91.0 Å². The highest BCUT2D eigenvalue weighted by molar-refractivity contribution is 7.88. The van der Waals surface area contributed by atoms with Gasteiger partial charge in [0.05, 0.1) is 5.69 Å². The van der Waals surface area contributed by atoms with E-state index in [0.717, 1.165) is 24.3 Å². The molecule has 2 fully saturated rings. The smallest absolute Gasteiger partial charge is 0.220 e. The summed E-state index contributed by atoms with van der Waals surface area (Å²) >= 11 is 0. The van der Waals surface area contributed by atoms with Crippen molar-refractivity contribution >= 4 is 16.0 Å². The summed E-state index contributed by atoms with van der Waals surface area (Å²) in [6, 6.07) is 1.58. The summed E-state index contributed by atoms with van der Waals surface area (Å²) < 4.78 is 31.1. The Hall–Kier alpha value is -1.61. The van der Waals surface area contributed by atoms with Crippen molar-refractivity contribution in [3.8, 4) is 0 Å². The summed E-state index contributed by atoms with van der Waals surface area (Å²) in [5.41, 5.74) is 0.438. The van der Waals surface area contributed by atoms with E-state index in [0.29, 0.717) is 31.9 Å². The number of piperazine rings is 1. The molecule has 2 atom stereocenters. The van der Waals surface area contributed by atoms with Gasteiger partial charge < -0.3 is 14.7 Å². The zero-order valence-corrected chi connectivity index (χ0v) is 15.0. The molecule has 9 heteroatoms. The molecule has 0 spiro atoms. The molecule has 134 valence electrons. The van der Waals surface area contributed by atoms with Crippen LogP contribution in [0.3, 0.4) is 0 Å². The van der Waals surface area contributed by atoms with Gasteiger partial charge in [-0.2, -0.15) is 4.31 Å². The summed E-state index contributed by atoms with van der Waals surface area (Å²) in [7, 11) is -1.59. The summed E-state index contributed by atoms with van der Waals surface area (Å²) in [5.74, 6) is 2.29. The quantitative estimate of drug-likeness (QED) is 0.605. The summed E-state index contributed by atoms with van der Waals surface area (Å²) in [4.78, 5) is 6.45. The second-order valence-electron chi connectivity index (χ2n) is 6.53. The van der Waals surface area contributed by atoms with E-state index in [-0.39, 0.29) is 5.75 Å². The first-order valence-corrected chi connectivity index (χ1v) is 9.93. The fourth-order valence-corrected chi connectivity index (χ4v) is 4.43. The average Bonchev–Trinajstić information content (AvgIpc) is 3.04. The minimum Gasteiger partial charge on any atom is -0.364 e. The van der Waals surface area contributed by atoms with E-state index >= 15 is 0 Å². The number of nitrogens with one attached hydrogen (secondary N) is 1. The van der Waals surface area contributed by atoms with Crippen molar-refractivity contribution in [1.82, 2.24) is 19.7 Å². The molecule has 1 aromatic rings. The number of hydrogen-bond donors (Lipinski definition) is 1. The molecule has 24 heavy (non-hydrogen) atoms. The van der Waals surface area contributed by atoms with Gasteiger partial charge in [0.2, 0.25) is 10.0 Å². The molecule has 0 radical (unpaired) electrons. The largest absolute Gasteiger partial charge is 0.364 e. The van der Waals surface area contributed by atoms with E-state index in [1.54, 1.807) is 13.1 Å². The molecule has 8 nitrogen and oxygen atoms in total. The molecular formula is C15H25N5O3S. The Kier molecular flexibility index (Phi) is 5.09. The van der Waals surface area contributed by atoms with Gasteiger partial charge in [-0.25, -0.2) is 8.42 Å². The van der Waals surface area contributed by atoms with Crippen LogP contribution in [-0.4, -0.2) is 68.5 Å². The molecule has 0 amide bonds. The molecule has 2 unspecified atom stereocenters. The molecule has 2 aliphatic rings. The SMILES string of the molecule is CN=C(NCC1CC1C)N1CCN(S(=O)(=O)Cc2ccon2)CC1. The Morgan fingerprint density at radius 1 is 1.42 bits per heavy atom. The lowest BCUT2D eigenvalue weighted by atomic mass is 10.3. The first-order valence-electron chi connectivity index (χ1n) is 8.32. The van der Waals surface area contributed by atoms with Crippen LogP contribution in [0, 0.1) is 11.8 Å². The van der Waals surface area contributed by atoms with Gasteiger partial charge in [-0.1, -0.05) is 12.1 Å². The second kappa shape index (κ2) is 7.10. The number of hydrogen-bond acceptors (Lipinski definition) is 5. The van der Waals surface area contributed by atoms with E-state index in [1.807, 2.05) is 0 Å². The zero-order chi connectivity index (χ0) is 17.2. The predicted octanol–water partition coefficient (Wildman–Crippen LogP) is 0.353. The molecular weight excluding hydrogens is 330 g/mol. The maximum atomic E-state index is 12.4. The first-order chi connectivity index (χ1) is 11.5. The number of aromatic nitrogens is 1. The Labute approximate surface area is 142 Å². The van der Waals surface area contributed by atoms with E-state index in [2.05, 4.69) is 27.3 Å². The molecule has 0 bridgehead atoms. The van der Waals surface area contributed by atoms with Gasteiger partial charge >= 0.3 is 0 Å². The van der Waals surface area contributed by atoms with Crippen molar-refractivity contribution in [2.24, 2.45) is 16.8 Å². The third-order valence-corrected chi connectivity index (χ3v) is 6.58. The molecule has 1 N–H and O–H groups in total. The number of aliphatic imine (C=N–C) groups is 1. The van der Waals surface area contributed by atoms with Crippen molar-refractivity contribution in [3.05, 3.63) is 18.0 Å². The molecule has 3 rings (SSSR count). The van der Waals surface area contributed by atoms with Crippen LogP contribution in [0.25, 0.3) is 0 Å². The normalized spacial score (nSPS) is 25.8. The van der Waals surface area contributed by atoms with Crippen molar-refractivity contribution < 1.29 is 12.9 Å². The maximum Gasteiger partial charge on any atom is 0.220 e. The Morgan fingerprint density at radius 3 is 2.67 bits per heavy atom. The molecule has 1 aliphatic heterocycles. The van der Waals surface area contributed by atoms with Gasteiger partial charge in [0.25, 0.3) is 0 Å². The van der Waals surface area contributed by atoms with Crippen molar-refractivity contribution in [2.45, 2.75) is 19.1 Å². The number of sulfonamides is 1. The Bertz CT molecular complexity index is 665. The van der Waals surface area contributed by atoms with Gasteiger partial charge in [-0.15, -0.1) is 0 Å². The van der Waals surface area contributed by atoms with Crippen molar-refractivity contribution in [3.63, 3.8) is 0 Å². The Morgan fingerprint density at radius 2 is 2.12 bits per heavy atom. The number of guanidine groups is 1. The summed E-state index contributed by atoms with van der Waals surface area (Å²) in [6.45, 7) is 5.39. The predicted molar refractivity (Wildman–Crippen MR) is 90.9 cm³/mol. The van der Waals surface area contributed by atoms with Crippen LogP contribution in [0.15, 0.2) is 21.8 Å². The maximum absolute atomic E-state index is 12.4. The van der Waals surface area contributed by atoms with Crippen LogP contribution in [-0.2, 0) is 15.8 Å². The monoisotopic (exact) mass is 355 g/mol. The van der Waals surface area contributed by atoms with Crippen molar-refractivity contribution in [1.29, 1.82) is 0 Å². The van der Waals surface area contributed by atoms with Gasteiger partial charge in [0, 0.05) is 45.8 Å². The van der Waals surface area contributed by atoms with E-state index in [9.17, 15) is 8.42 Å². The van der Waals surface area contributed by atoms with Crippen LogP contribution in [0.4, 0.5) is 0 Å². The summed E-state index contributed by atoms with van der Waals surface area (Å²) in [5, 5.41) is 7.09. The van der Waals surface area contributed by atoms with Crippen LogP contribution >= 0.6 is 0 Å². The number of nitrogens with zero attached hydrogens (tertiary/aromatic N) is 4. The lowest BCUT2D eigenvalue weighted by Crippen LogP contribution is -2.54. The fraction of sp³-hybridized carbons (Fsp3) is 0.733. The van der Waals surface area contributed by atoms with E-state index in [1.165, 1.54) is 17.0 Å². The number of rotatable bonds is 5. The minimum absolute atomic E-state index is 0.115. The zero-order valence-electron chi connectivity index (χ0n) is 14.2. The molecule has 1 aromatic heterocycles. The van der Waals surface area contributed by atoms with Crippen LogP contribution in [0.5, 0.6) is 0 Å². The van der Waals surface area contributed by atoms with E-state index < -0.39 is 10.0 Å². The highest BCUT2D eigenvalue weighted by Crippen LogP contribution is 2.36. The highest BCUT2D eigenvalue weighted by Gasteiger charge is 2.33. The van der Waals surface area contributed by atoms with Gasteiger partial charge in [0.1, 0.15) is 12.0 Å². The minimum atomic E-state index is -3.36. The van der Waals surface area contributed by atoms with Gasteiger partial charge in [-0.3, -0.25) is 4.99 Å². The lowest BCUT2D eigenvalue weighted by molar-refractivity contribution is 0.259. The molecule has 1 aliphatic carbocycles. The highest BCUT2D eigenvalue weighted by atomic mass is 32.2. The van der Waals surface area contributed by atoms with Crippen LogP contribution in [0.2, 0.25) is 0 Å². The fourth-order valence-electron chi connectivity index (χ4n) is 3.01. The third-order valence-electron chi connectivity index (χ3n) is 4.76. The van der Waals surface area contributed by atoms with Crippen molar-refractivity contribution in [2.75, 3.05) is 39.8 Å². The first kappa shape index (κ1) is 17.2. The molecule has 1 saturated carbocycles. The second-order valence-corrected chi connectivity index (χ2v) is 8.50. The van der Waals surface area contributed by atoms with E-state index in [4.69, 9.17) is 4.52 Å². The third kappa shape index (κ3) is 4.07. The summed E-state index contributed by atoms with van der Waals surface area (Å²) in [6.07, 6.45) is 2.66. The lowest BCUT2D eigenvalue weighted by Gasteiger charge is -2.35. The van der Waals surface area contributed by atoms with Crippen LogP contribution < -0.4 is 5.32 Å². The standard InChI is InChI=1S/C15H25N5O3S/c1-12-9-13(12)10-17-15(16-2)19-4-6-20(7-5-19)24(21,22)11-14-3-8-23-18-14/h3,8,12-13H,4-7,9-11H2,1-2H3,(H,16,17).